The predicted molar refractivity (Wildman–Crippen MR) is 117 cm³/mol. The van der Waals surface area contributed by atoms with E-state index in [0.29, 0.717) is 23.1 Å². The summed E-state index contributed by atoms with van der Waals surface area (Å²) in [7, 11) is 0. The van der Waals surface area contributed by atoms with Crippen LogP contribution in [0, 0.1) is 6.92 Å². The van der Waals surface area contributed by atoms with Gasteiger partial charge in [0, 0.05) is 10.6 Å². The van der Waals surface area contributed by atoms with Gasteiger partial charge in [0.2, 0.25) is 0 Å². The number of benzene rings is 3. The highest BCUT2D eigenvalue weighted by Crippen LogP contribution is 2.27. The molecule has 0 aliphatic heterocycles. The molecular formula is C23H23ClN2O3. The molecule has 1 unspecified atom stereocenters. The summed E-state index contributed by atoms with van der Waals surface area (Å²) in [6, 6.07) is 17.1. The van der Waals surface area contributed by atoms with E-state index >= 15 is 0 Å². The topological polar surface area (TPSA) is 59.9 Å². The Morgan fingerprint density at radius 2 is 1.93 bits per heavy atom. The van der Waals surface area contributed by atoms with Crippen molar-refractivity contribution in [1.29, 1.82) is 0 Å². The number of hydrazone groups is 1. The van der Waals surface area contributed by atoms with E-state index in [1.165, 1.54) is 0 Å². The van der Waals surface area contributed by atoms with Crippen LogP contribution in [-0.2, 0) is 4.79 Å². The fourth-order valence-corrected chi connectivity index (χ4v) is 3.16. The molecule has 0 fully saturated rings. The number of ether oxygens (including phenoxy) is 2. The summed E-state index contributed by atoms with van der Waals surface area (Å²) < 4.78 is 11.4. The lowest BCUT2D eigenvalue weighted by molar-refractivity contribution is -0.127. The number of nitrogens with zero attached hydrogens (tertiary/aromatic N) is 1. The Balaban J connectivity index is 1.73. The largest absolute Gasteiger partial charge is 0.493 e. The van der Waals surface area contributed by atoms with Crippen molar-refractivity contribution in [1.82, 2.24) is 5.43 Å². The zero-order valence-electron chi connectivity index (χ0n) is 16.6. The summed E-state index contributed by atoms with van der Waals surface area (Å²) in [6.45, 7) is 6.01. The highest BCUT2D eigenvalue weighted by Gasteiger charge is 2.15. The first-order valence-electron chi connectivity index (χ1n) is 9.40. The van der Waals surface area contributed by atoms with E-state index in [2.05, 4.69) is 10.5 Å². The number of carbonyl (C=O) groups is 1. The van der Waals surface area contributed by atoms with Gasteiger partial charge in [-0.2, -0.15) is 5.10 Å². The van der Waals surface area contributed by atoms with Crippen molar-refractivity contribution in [3.05, 3.63) is 70.7 Å². The summed E-state index contributed by atoms with van der Waals surface area (Å²) in [4.78, 5) is 12.4. The van der Waals surface area contributed by atoms with Gasteiger partial charge >= 0.3 is 0 Å². The zero-order valence-corrected chi connectivity index (χ0v) is 17.4. The van der Waals surface area contributed by atoms with Crippen LogP contribution in [0.1, 0.15) is 25.0 Å². The van der Waals surface area contributed by atoms with Crippen molar-refractivity contribution < 1.29 is 14.3 Å². The van der Waals surface area contributed by atoms with Gasteiger partial charge in [0.05, 0.1) is 12.8 Å². The minimum atomic E-state index is -0.717. The number of rotatable bonds is 7. The lowest BCUT2D eigenvalue weighted by atomic mass is 10.0. The first-order chi connectivity index (χ1) is 14.0. The number of hydrogen-bond donors (Lipinski definition) is 1. The van der Waals surface area contributed by atoms with Crippen LogP contribution in [0.3, 0.4) is 0 Å². The Kier molecular flexibility index (Phi) is 6.73. The predicted octanol–water partition coefficient (Wildman–Crippen LogP) is 5.12. The summed E-state index contributed by atoms with van der Waals surface area (Å²) in [5.41, 5.74) is 4.21. The van der Waals surface area contributed by atoms with Crippen LogP contribution in [0.4, 0.5) is 0 Å². The number of halogens is 1. The van der Waals surface area contributed by atoms with E-state index < -0.39 is 6.10 Å². The highest BCUT2D eigenvalue weighted by atomic mass is 35.5. The maximum atomic E-state index is 12.4. The second kappa shape index (κ2) is 9.43. The lowest BCUT2D eigenvalue weighted by Gasteiger charge is -2.15. The summed E-state index contributed by atoms with van der Waals surface area (Å²) >= 11 is 5.96. The number of carbonyl (C=O) groups excluding carboxylic acids is 1. The van der Waals surface area contributed by atoms with Crippen LogP contribution in [0.15, 0.2) is 59.7 Å². The Morgan fingerprint density at radius 1 is 1.17 bits per heavy atom. The molecule has 0 aromatic heterocycles. The van der Waals surface area contributed by atoms with Gasteiger partial charge in [-0.3, -0.25) is 4.79 Å². The van der Waals surface area contributed by atoms with Crippen LogP contribution < -0.4 is 14.9 Å². The number of hydrogen-bond acceptors (Lipinski definition) is 4. The molecule has 0 aliphatic rings. The van der Waals surface area contributed by atoms with E-state index in [4.69, 9.17) is 21.1 Å². The van der Waals surface area contributed by atoms with Gasteiger partial charge < -0.3 is 9.47 Å². The average Bonchev–Trinajstić information content (AvgIpc) is 2.71. The van der Waals surface area contributed by atoms with Crippen molar-refractivity contribution in [3.8, 4) is 11.5 Å². The third kappa shape index (κ3) is 5.06. The van der Waals surface area contributed by atoms with Crippen molar-refractivity contribution >= 4 is 34.5 Å². The molecule has 1 atom stereocenters. The molecule has 29 heavy (non-hydrogen) atoms. The molecule has 150 valence electrons. The van der Waals surface area contributed by atoms with Gasteiger partial charge in [-0.15, -0.1) is 0 Å². The molecule has 3 aromatic carbocycles. The average molecular weight is 411 g/mol. The summed E-state index contributed by atoms with van der Waals surface area (Å²) in [5, 5.41) is 6.82. The maximum Gasteiger partial charge on any atom is 0.280 e. The van der Waals surface area contributed by atoms with Crippen LogP contribution >= 0.6 is 11.6 Å². The fourth-order valence-electron chi connectivity index (χ4n) is 2.93. The van der Waals surface area contributed by atoms with E-state index in [1.807, 2.05) is 50.2 Å². The minimum Gasteiger partial charge on any atom is -0.493 e. The molecule has 5 nitrogen and oxygen atoms in total. The van der Waals surface area contributed by atoms with Gasteiger partial charge in [0.15, 0.2) is 6.10 Å². The zero-order chi connectivity index (χ0) is 20.8. The molecule has 6 heteroatoms. The Bertz CT molecular complexity index is 1050. The van der Waals surface area contributed by atoms with Crippen LogP contribution in [0.2, 0.25) is 5.02 Å². The van der Waals surface area contributed by atoms with Gasteiger partial charge in [0.1, 0.15) is 11.5 Å². The van der Waals surface area contributed by atoms with Gasteiger partial charge in [-0.25, -0.2) is 5.43 Å². The van der Waals surface area contributed by atoms with Crippen LogP contribution in [0.5, 0.6) is 11.5 Å². The number of amides is 1. The number of nitrogens with one attached hydrogen (secondary N) is 1. The third-order valence-corrected chi connectivity index (χ3v) is 4.64. The van der Waals surface area contributed by atoms with Crippen molar-refractivity contribution in [2.75, 3.05) is 6.61 Å². The van der Waals surface area contributed by atoms with E-state index in [9.17, 15) is 4.79 Å². The molecule has 0 aliphatic carbocycles. The Morgan fingerprint density at radius 3 is 2.69 bits per heavy atom. The number of fused-ring (bicyclic) bond motifs is 1. The Hall–Kier alpha value is -3.05. The van der Waals surface area contributed by atoms with Crippen LogP contribution in [0.25, 0.3) is 10.8 Å². The number of aryl methyl sites for hydroxylation is 1. The second-order valence-corrected chi connectivity index (χ2v) is 6.97. The first-order valence-corrected chi connectivity index (χ1v) is 9.77. The standard InChI is InChI=1S/C23H23ClN2O3/c1-4-28-22-11-9-17-7-5-6-8-19(17)20(22)14-25-26-23(27)16(3)29-21-12-10-18(24)13-15(21)2/h5-14,16H,4H2,1-3H3,(H,26,27). The quantitative estimate of drug-likeness (QED) is 0.434. The van der Waals surface area contributed by atoms with Crippen molar-refractivity contribution in [2.24, 2.45) is 5.10 Å². The van der Waals surface area contributed by atoms with Gasteiger partial charge in [-0.05, 0) is 61.4 Å². The summed E-state index contributed by atoms with van der Waals surface area (Å²) in [6.07, 6.45) is 0.886. The second-order valence-electron chi connectivity index (χ2n) is 6.54. The van der Waals surface area contributed by atoms with Crippen molar-refractivity contribution in [2.45, 2.75) is 26.9 Å². The minimum absolute atomic E-state index is 0.353. The first kappa shape index (κ1) is 20.7. The maximum absolute atomic E-state index is 12.4. The lowest BCUT2D eigenvalue weighted by Crippen LogP contribution is -2.33. The normalized spacial score (nSPS) is 12.1. The molecule has 3 aromatic rings. The molecule has 0 saturated carbocycles. The Labute approximate surface area is 175 Å². The van der Waals surface area contributed by atoms with Gasteiger partial charge in [-0.1, -0.05) is 41.9 Å². The fraction of sp³-hybridized carbons (Fsp3) is 0.217. The van der Waals surface area contributed by atoms with Crippen molar-refractivity contribution in [3.63, 3.8) is 0 Å². The van der Waals surface area contributed by atoms with Crippen LogP contribution in [-0.4, -0.2) is 24.8 Å². The molecule has 0 saturated heterocycles. The monoisotopic (exact) mass is 410 g/mol. The smallest absolute Gasteiger partial charge is 0.280 e. The van der Waals surface area contributed by atoms with E-state index in [-0.39, 0.29) is 5.91 Å². The van der Waals surface area contributed by atoms with E-state index in [1.54, 1.807) is 31.3 Å². The summed E-state index contributed by atoms with van der Waals surface area (Å²) in [5.74, 6) is 0.966. The molecule has 1 amide bonds. The molecule has 0 spiro atoms. The highest BCUT2D eigenvalue weighted by molar-refractivity contribution is 6.30. The molecular weight excluding hydrogens is 388 g/mol. The van der Waals surface area contributed by atoms with E-state index in [0.717, 1.165) is 21.9 Å². The third-order valence-electron chi connectivity index (χ3n) is 4.41. The molecule has 0 heterocycles. The molecule has 0 radical (unpaired) electrons. The molecule has 3 rings (SSSR count). The van der Waals surface area contributed by atoms with Gasteiger partial charge in [0.25, 0.3) is 5.91 Å². The molecule has 0 bridgehead atoms. The molecule has 1 N–H and O–H groups in total. The SMILES string of the molecule is CCOc1ccc2ccccc2c1C=NNC(=O)C(C)Oc1ccc(Cl)cc1C.